The number of benzene rings is 1. The molecule has 1 aromatic heterocycles. The lowest BCUT2D eigenvalue weighted by Gasteiger charge is -2.14. The first kappa shape index (κ1) is 15.3. The molecular weight excluding hydrogens is 266 g/mol. The van der Waals surface area contributed by atoms with Gasteiger partial charge >= 0.3 is 5.97 Å². The van der Waals surface area contributed by atoms with Crippen LogP contribution in [0.2, 0.25) is 0 Å². The molecule has 0 bridgehead atoms. The van der Waals surface area contributed by atoms with E-state index in [-0.39, 0.29) is 12.0 Å². The average molecular weight is 287 g/mol. The molecule has 1 aromatic carbocycles. The Bertz CT molecular complexity index is 617. The molecule has 5 heteroatoms. The summed E-state index contributed by atoms with van der Waals surface area (Å²) in [4.78, 5) is 11.4. The third-order valence-corrected chi connectivity index (χ3v) is 3.73. The normalized spacial score (nSPS) is 12.2. The SMILES string of the molecule is COC(=O)c1ccc(CNC(C)c2cnn(C)c2C)cc1. The number of nitrogens with zero attached hydrogens (tertiary/aromatic N) is 2. The lowest BCUT2D eigenvalue weighted by Crippen LogP contribution is -2.18. The van der Waals surface area contributed by atoms with Gasteiger partial charge in [-0.25, -0.2) is 4.79 Å². The summed E-state index contributed by atoms with van der Waals surface area (Å²) in [5.41, 5.74) is 4.05. The van der Waals surface area contributed by atoms with Crippen LogP contribution in [0.5, 0.6) is 0 Å². The second kappa shape index (κ2) is 6.54. The highest BCUT2D eigenvalue weighted by atomic mass is 16.5. The van der Waals surface area contributed by atoms with E-state index in [2.05, 4.69) is 29.0 Å². The number of methoxy groups -OCH3 is 1. The van der Waals surface area contributed by atoms with Crippen molar-refractivity contribution in [2.45, 2.75) is 26.4 Å². The number of aromatic nitrogens is 2. The summed E-state index contributed by atoms with van der Waals surface area (Å²) in [7, 11) is 3.33. The molecule has 1 unspecified atom stereocenters. The van der Waals surface area contributed by atoms with Crippen LogP contribution in [-0.4, -0.2) is 22.9 Å². The Labute approximate surface area is 124 Å². The summed E-state index contributed by atoms with van der Waals surface area (Å²) in [5, 5.41) is 7.72. The van der Waals surface area contributed by atoms with E-state index in [1.54, 1.807) is 12.1 Å². The van der Waals surface area contributed by atoms with Crippen LogP contribution in [0.1, 0.15) is 40.1 Å². The minimum atomic E-state index is -0.311. The molecule has 0 saturated carbocycles. The van der Waals surface area contributed by atoms with E-state index < -0.39 is 0 Å². The van der Waals surface area contributed by atoms with Crippen molar-refractivity contribution >= 4 is 5.97 Å². The minimum absolute atomic E-state index is 0.221. The van der Waals surface area contributed by atoms with Gasteiger partial charge in [0.1, 0.15) is 0 Å². The van der Waals surface area contributed by atoms with E-state index >= 15 is 0 Å². The van der Waals surface area contributed by atoms with Gasteiger partial charge in [0.15, 0.2) is 0 Å². The van der Waals surface area contributed by atoms with Gasteiger partial charge in [-0.2, -0.15) is 5.10 Å². The van der Waals surface area contributed by atoms with E-state index in [0.717, 1.165) is 17.8 Å². The third-order valence-electron chi connectivity index (χ3n) is 3.73. The van der Waals surface area contributed by atoms with Crippen LogP contribution in [0.4, 0.5) is 0 Å². The number of ether oxygens (including phenoxy) is 1. The summed E-state index contributed by atoms with van der Waals surface area (Å²) < 4.78 is 6.56. The molecule has 21 heavy (non-hydrogen) atoms. The number of nitrogens with one attached hydrogen (secondary N) is 1. The van der Waals surface area contributed by atoms with Gasteiger partial charge in [0, 0.05) is 30.9 Å². The molecule has 0 radical (unpaired) electrons. The van der Waals surface area contributed by atoms with Crippen LogP contribution < -0.4 is 5.32 Å². The molecule has 0 aliphatic carbocycles. The number of aryl methyl sites for hydroxylation is 1. The Balaban J connectivity index is 1.96. The van der Waals surface area contributed by atoms with E-state index in [4.69, 9.17) is 0 Å². The van der Waals surface area contributed by atoms with Gasteiger partial charge in [-0.15, -0.1) is 0 Å². The molecule has 1 N–H and O–H groups in total. The van der Waals surface area contributed by atoms with Gasteiger partial charge in [-0.05, 0) is 31.5 Å². The molecule has 5 nitrogen and oxygen atoms in total. The Morgan fingerprint density at radius 2 is 2.05 bits per heavy atom. The van der Waals surface area contributed by atoms with Crippen molar-refractivity contribution < 1.29 is 9.53 Å². The van der Waals surface area contributed by atoms with Gasteiger partial charge < -0.3 is 10.1 Å². The largest absolute Gasteiger partial charge is 0.465 e. The van der Waals surface area contributed by atoms with Crippen LogP contribution >= 0.6 is 0 Å². The van der Waals surface area contributed by atoms with Gasteiger partial charge in [0.05, 0.1) is 18.9 Å². The van der Waals surface area contributed by atoms with Crippen molar-refractivity contribution in [3.05, 3.63) is 52.8 Å². The van der Waals surface area contributed by atoms with Crippen molar-refractivity contribution in [1.82, 2.24) is 15.1 Å². The average Bonchev–Trinajstić information content (AvgIpc) is 2.84. The van der Waals surface area contributed by atoms with E-state index in [9.17, 15) is 4.79 Å². The highest BCUT2D eigenvalue weighted by Gasteiger charge is 2.11. The van der Waals surface area contributed by atoms with Crippen LogP contribution in [0.25, 0.3) is 0 Å². The van der Waals surface area contributed by atoms with Crippen molar-refractivity contribution in [3.8, 4) is 0 Å². The summed E-state index contributed by atoms with van der Waals surface area (Å²) in [6, 6.07) is 7.65. The topological polar surface area (TPSA) is 56.1 Å². The molecule has 0 aliphatic rings. The predicted molar refractivity (Wildman–Crippen MR) is 81.0 cm³/mol. The first-order valence-electron chi connectivity index (χ1n) is 6.92. The van der Waals surface area contributed by atoms with E-state index in [1.165, 1.54) is 12.7 Å². The molecule has 1 heterocycles. The van der Waals surface area contributed by atoms with Gasteiger partial charge in [-0.3, -0.25) is 4.68 Å². The molecule has 0 aliphatic heterocycles. The maximum atomic E-state index is 11.4. The van der Waals surface area contributed by atoms with Crippen molar-refractivity contribution in [1.29, 1.82) is 0 Å². The molecule has 112 valence electrons. The summed E-state index contributed by atoms with van der Waals surface area (Å²) >= 11 is 0. The predicted octanol–water partition coefficient (Wildman–Crippen LogP) is 2.37. The molecule has 0 fully saturated rings. The fourth-order valence-electron chi connectivity index (χ4n) is 2.20. The number of rotatable bonds is 5. The molecule has 0 amide bonds. The number of carbonyl (C=O) groups excluding carboxylic acids is 1. The molecule has 2 rings (SSSR count). The highest BCUT2D eigenvalue weighted by Crippen LogP contribution is 2.16. The Hall–Kier alpha value is -2.14. The van der Waals surface area contributed by atoms with Gasteiger partial charge in [0.2, 0.25) is 0 Å². The number of hydrogen-bond acceptors (Lipinski definition) is 4. The smallest absolute Gasteiger partial charge is 0.337 e. The van der Waals surface area contributed by atoms with Crippen LogP contribution in [-0.2, 0) is 18.3 Å². The molecular formula is C16H21N3O2. The standard InChI is InChI=1S/C16H21N3O2/c1-11(15-10-18-19(3)12(15)2)17-9-13-5-7-14(8-6-13)16(20)21-4/h5-8,10-11,17H,9H2,1-4H3. The van der Waals surface area contributed by atoms with Crippen LogP contribution in [0.15, 0.2) is 30.5 Å². The van der Waals surface area contributed by atoms with Crippen molar-refractivity contribution in [3.63, 3.8) is 0 Å². The monoisotopic (exact) mass is 287 g/mol. The third kappa shape index (κ3) is 3.49. The van der Waals surface area contributed by atoms with Gasteiger partial charge in [-0.1, -0.05) is 12.1 Å². The Morgan fingerprint density at radius 1 is 1.38 bits per heavy atom. The quantitative estimate of drug-likeness (QED) is 0.858. The van der Waals surface area contributed by atoms with Crippen LogP contribution in [0.3, 0.4) is 0 Å². The summed E-state index contributed by atoms with van der Waals surface area (Å²) in [6.45, 7) is 4.91. The fraction of sp³-hybridized carbons (Fsp3) is 0.375. The molecule has 0 saturated heterocycles. The van der Waals surface area contributed by atoms with E-state index in [0.29, 0.717) is 5.56 Å². The fourth-order valence-corrected chi connectivity index (χ4v) is 2.20. The Morgan fingerprint density at radius 3 is 2.57 bits per heavy atom. The summed E-state index contributed by atoms with van der Waals surface area (Å²) in [6.07, 6.45) is 1.90. The number of esters is 1. The Kier molecular flexibility index (Phi) is 4.75. The van der Waals surface area contributed by atoms with Crippen molar-refractivity contribution in [2.75, 3.05) is 7.11 Å². The molecule has 1 atom stereocenters. The zero-order valence-electron chi connectivity index (χ0n) is 12.9. The maximum absolute atomic E-state index is 11.4. The zero-order chi connectivity index (χ0) is 15.4. The van der Waals surface area contributed by atoms with E-state index in [1.807, 2.05) is 30.1 Å². The van der Waals surface area contributed by atoms with Crippen molar-refractivity contribution in [2.24, 2.45) is 7.05 Å². The zero-order valence-corrected chi connectivity index (χ0v) is 12.9. The highest BCUT2D eigenvalue weighted by molar-refractivity contribution is 5.89. The number of hydrogen-bond donors (Lipinski definition) is 1. The maximum Gasteiger partial charge on any atom is 0.337 e. The minimum Gasteiger partial charge on any atom is -0.465 e. The lowest BCUT2D eigenvalue weighted by atomic mass is 10.1. The summed E-state index contributed by atoms with van der Waals surface area (Å²) in [5.74, 6) is -0.311. The molecule has 2 aromatic rings. The number of carbonyl (C=O) groups is 1. The van der Waals surface area contributed by atoms with Gasteiger partial charge in [0.25, 0.3) is 0 Å². The first-order chi connectivity index (χ1) is 10.0. The molecule has 0 spiro atoms. The van der Waals surface area contributed by atoms with Crippen LogP contribution in [0, 0.1) is 6.92 Å². The second-order valence-electron chi connectivity index (χ2n) is 5.10. The second-order valence-corrected chi connectivity index (χ2v) is 5.10. The first-order valence-corrected chi connectivity index (χ1v) is 6.92. The lowest BCUT2D eigenvalue weighted by molar-refractivity contribution is 0.0600.